The number of anilines is 2. The van der Waals surface area contributed by atoms with Gasteiger partial charge in [0.15, 0.2) is 23.3 Å². The van der Waals surface area contributed by atoms with Crippen molar-refractivity contribution in [3.05, 3.63) is 125 Å². The Morgan fingerprint density at radius 1 is 0.881 bits per heavy atom. The van der Waals surface area contributed by atoms with E-state index in [0.29, 0.717) is 28.9 Å². The number of ether oxygens (including phenoxy) is 1. The van der Waals surface area contributed by atoms with E-state index in [0.717, 1.165) is 33.9 Å². The third-order valence-corrected chi connectivity index (χ3v) is 7.47. The Balaban J connectivity index is 1.47. The summed E-state index contributed by atoms with van der Waals surface area (Å²) in [5.74, 6) is 2.23. The quantitative estimate of drug-likeness (QED) is 0.256. The van der Waals surface area contributed by atoms with Crippen LogP contribution in [0.25, 0.3) is 5.82 Å². The molecule has 1 N–H and O–H groups in total. The number of pyridine rings is 1. The summed E-state index contributed by atoms with van der Waals surface area (Å²) in [4.78, 5) is 29.3. The lowest BCUT2D eigenvalue weighted by Crippen LogP contribution is -2.46. The fraction of sp³-hybridized carbons (Fsp3) is 0.121. The van der Waals surface area contributed by atoms with E-state index in [9.17, 15) is 4.79 Å². The Bertz CT molecular complexity index is 1870. The summed E-state index contributed by atoms with van der Waals surface area (Å²) in [5.41, 5.74) is 7.03. The Kier molecular flexibility index (Phi) is 6.12. The van der Waals surface area contributed by atoms with E-state index in [1.807, 2.05) is 67.6 Å². The molecule has 0 spiro atoms. The molecular formula is C33H27N7O2. The highest BCUT2D eigenvalue weighted by Crippen LogP contribution is 2.48. The van der Waals surface area contributed by atoms with Gasteiger partial charge in [0, 0.05) is 17.4 Å². The van der Waals surface area contributed by atoms with E-state index in [-0.39, 0.29) is 12.0 Å². The minimum atomic E-state index is -0.382. The molecule has 2 aromatic heterocycles. The van der Waals surface area contributed by atoms with Gasteiger partial charge in [0.05, 0.1) is 35.8 Å². The number of carbonyl (C=O) groups is 1. The first-order valence-corrected chi connectivity index (χ1v) is 13.6. The average Bonchev–Trinajstić information content (AvgIpc) is 3.37. The van der Waals surface area contributed by atoms with Crippen LogP contribution in [0.4, 0.5) is 22.9 Å². The van der Waals surface area contributed by atoms with Crippen LogP contribution in [-0.2, 0) is 4.74 Å². The van der Waals surface area contributed by atoms with Crippen molar-refractivity contribution in [1.82, 2.24) is 14.8 Å². The molecular weight excluding hydrogens is 526 g/mol. The summed E-state index contributed by atoms with van der Waals surface area (Å²) in [7, 11) is 1.38. The van der Waals surface area contributed by atoms with Gasteiger partial charge in [0.25, 0.3) is 0 Å². The number of para-hydroxylation sites is 2. The smallest absolute Gasteiger partial charge is 0.337 e. The number of aliphatic imine (C=N–C) groups is 2. The van der Waals surface area contributed by atoms with E-state index in [4.69, 9.17) is 19.8 Å². The van der Waals surface area contributed by atoms with Crippen molar-refractivity contribution in [3.8, 4) is 5.82 Å². The second-order valence-corrected chi connectivity index (χ2v) is 10.2. The third kappa shape index (κ3) is 4.23. The predicted molar refractivity (Wildman–Crippen MR) is 164 cm³/mol. The first-order chi connectivity index (χ1) is 20.5. The number of aromatic nitrogens is 3. The number of amidine groups is 2. The molecule has 4 heterocycles. The molecule has 206 valence electrons. The molecule has 1 atom stereocenters. The normalized spacial score (nSPS) is 15.1. The van der Waals surface area contributed by atoms with E-state index >= 15 is 0 Å². The molecule has 9 heteroatoms. The number of nitrogens with zero attached hydrogens (tertiary/aromatic N) is 6. The van der Waals surface area contributed by atoms with E-state index < -0.39 is 0 Å². The van der Waals surface area contributed by atoms with Crippen LogP contribution in [-0.4, -0.2) is 39.5 Å². The largest absolute Gasteiger partial charge is 0.465 e. The summed E-state index contributed by atoms with van der Waals surface area (Å²) < 4.78 is 6.73. The number of hydrogen-bond acceptors (Lipinski definition) is 8. The topological polar surface area (TPSA) is 97.0 Å². The van der Waals surface area contributed by atoms with Crippen LogP contribution in [0.3, 0.4) is 0 Å². The summed E-state index contributed by atoms with van der Waals surface area (Å²) in [6, 6.07) is 29.1. The van der Waals surface area contributed by atoms with Gasteiger partial charge >= 0.3 is 5.97 Å². The molecule has 5 aromatic rings. The molecule has 0 saturated heterocycles. The fourth-order valence-electron chi connectivity index (χ4n) is 5.44. The molecule has 0 bridgehead atoms. The maximum absolute atomic E-state index is 12.2. The maximum Gasteiger partial charge on any atom is 0.337 e. The number of fused-ring (bicyclic) bond motifs is 4. The number of nitrogens with one attached hydrogen (secondary N) is 1. The molecule has 2 aliphatic heterocycles. The highest BCUT2D eigenvalue weighted by molar-refractivity contribution is 6.51. The Labute approximate surface area is 242 Å². The Hall–Kier alpha value is -5.57. The van der Waals surface area contributed by atoms with Crippen LogP contribution in [0.15, 0.2) is 107 Å². The Morgan fingerprint density at radius 2 is 1.64 bits per heavy atom. The van der Waals surface area contributed by atoms with Gasteiger partial charge in [-0.15, -0.1) is 0 Å². The predicted octanol–water partition coefficient (Wildman–Crippen LogP) is 6.47. The molecule has 1 unspecified atom stereocenters. The molecule has 0 fully saturated rings. The second kappa shape index (κ2) is 10.1. The summed E-state index contributed by atoms with van der Waals surface area (Å²) >= 11 is 0. The summed E-state index contributed by atoms with van der Waals surface area (Å²) in [5, 5.41) is 8.44. The highest BCUT2D eigenvalue weighted by Gasteiger charge is 2.41. The van der Waals surface area contributed by atoms with Gasteiger partial charge < -0.3 is 15.0 Å². The van der Waals surface area contributed by atoms with E-state index in [1.165, 1.54) is 12.7 Å². The summed E-state index contributed by atoms with van der Waals surface area (Å²) in [6.45, 7) is 4.05. The zero-order chi connectivity index (χ0) is 28.8. The van der Waals surface area contributed by atoms with E-state index in [1.54, 1.807) is 23.0 Å². The molecule has 3 aromatic carbocycles. The van der Waals surface area contributed by atoms with Crippen LogP contribution in [0.5, 0.6) is 0 Å². The molecule has 9 nitrogen and oxygen atoms in total. The number of aryl methyl sites for hydroxylation is 2. The SMILES string of the molecule is COC(=O)c1ccc(C2c3c(C)nn(-c4ccccn4)c3N=C3C(Nc4ccc(C)cc4)=Nc4ccccc4N32)cc1. The molecule has 2 aliphatic rings. The van der Waals surface area contributed by atoms with Gasteiger partial charge in [-0.2, -0.15) is 9.78 Å². The second-order valence-electron chi connectivity index (χ2n) is 10.2. The fourth-order valence-corrected chi connectivity index (χ4v) is 5.44. The maximum atomic E-state index is 12.2. The molecule has 0 radical (unpaired) electrons. The number of carbonyl (C=O) groups excluding carboxylic acids is 1. The minimum Gasteiger partial charge on any atom is -0.465 e. The number of rotatable bonds is 4. The first kappa shape index (κ1) is 25.4. The van der Waals surface area contributed by atoms with Crippen LogP contribution in [0.2, 0.25) is 0 Å². The van der Waals surface area contributed by atoms with Gasteiger partial charge in [-0.25, -0.2) is 19.8 Å². The Morgan fingerprint density at radius 3 is 2.38 bits per heavy atom. The van der Waals surface area contributed by atoms with Crippen LogP contribution < -0.4 is 10.2 Å². The van der Waals surface area contributed by atoms with Gasteiger partial charge in [-0.1, -0.05) is 48.0 Å². The zero-order valence-corrected chi connectivity index (χ0v) is 23.3. The molecule has 0 saturated carbocycles. The van der Waals surface area contributed by atoms with Crippen LogP contribution >= 0.6 is 0 Å². The van der Waals surface area contributed by atoms with Crippen molar-refractivity contribution < 1.29 is 9.53 Å². The lowest BCUT2D eigenvalue weighted by Gasteiger charge is -2.40. The average molecular weight is 554 g/mol. The van der Waals surface area contributed by atoms with Gasteiger partial charge in [-0.3, -0.25) is 0 Å². The van der Waals surface area contributed by atoms with Crippen molar-refractivity contribution in [1.29, 1.82) is 0 Å². The molecule has 0 aliphatic carbocycles. The number of esters is 1. The number of benzene rings is 3. The molecule has 0 amide bonds. The molecule has 7 rings (SSSR count). The minimum absolute atomic E-state index is 0.317. The lowest BCUT2D eigenvalue weighted by atomic mass is 9.92. The van der Waals surface area contributed by atoms with Crippen molar-refractivity contribution in [2.24, 2.45) is 9.98 Å². The van der Waals surface area contributed by atoms with Crippen LogP contribution in [0.1, 0.15) is 38.8 Å². The standard InChI is InChI=1S/C33H27N7O2/c1-20-11-17-24(18-12-20)35-30-32-37-31-28(21(2)38-40(31)27-10-6-7-19-34-27)29(22-13-15-23(16-14-22)33(41)42-3)39(32)26-9-5-4-8-25(26)36-30/h4-19,29H,1-3H3,(H,35,36). The van der Waals surface area contributed by atoms with Crippen molar-refractivity contribution in [2.45, 2.75) is 19.9 Å². The summed E-state index contributed by atoms with van der Waals surface area (Å²) in [6.07, 6.45) is 1.74. The first-order valence-electron chi connectivity index (χ1n) is 13.6. The van der Waals surface area contributed by atoms with Gasteiger partial charge in [0.2, 0.25) is 0 Å². The van der Waals surface area contributed by atoms with E-state index in [2.05, 4.69) is 40.3 Å². The van der Waals surface area contributed by atoms with Crippen LogP contribution in [0, 0.1) is 13.8 Å². The van der Waals surface area contributed by atoms with Crippen molar-refractivity contribution >= 4 is 40.5 Å². The van der Waals surface area contributed by atoms with Gasteiger partial charge in [-0.05, 0) is 67.9 Å². The monoisotopic (exact) mass is 553 g/mol. The van der Waals surface area contributed by atoms with Gasteiger partial charge in [0.1, 0.15) is 0 Å². The van der Waals surface area contributed by atoms with Crippen molar-refractivity contribution in [3.63, 3.8) is 0 Å². The molecule has 42 heavy (non-hydrogen) atoms. The zero-order valence-electron chi connectivity index (χ0n) is 23.3. The third-order valence-electron chi connectivity index (χ3n) is 7.47. The number of hydrogen-bond donors (Lipinski definition) is 1. The van der Waals surface area contributed by atoms with Crippen molar-refractivity contribution in [2.75, 3.05) is 17.3 Å². The number of methoxy groups -OCH3 is 1. The lowest BCUT2D eigenvalue weighted by molar-refractivity contribution is 0.0600. The highest BCUT2D eigenvalue weighted by atomic mass is 16.5.